The number of rotatable bonds is 13. The van der Waals surface area contributed by atoms with E-state index in [2.05, 4.69) is 37.1 Å². The van der Waals surface area contributed by atoms with Crippen molar-refractivity contribution in [2.45, 2.75) is 32.7 Å². The molecule has 0 aliphatic carbocycles. The van der Waals surface area contributed by atoms with Crippen LogP contribution in [-0.4, -0.2) is 56.7 Å². The van der Waals surface area contributed by atoms with Crippen LogP contribution in [0.5, 0.6) is 28.7 Å². The van der Waals surface area contributed by atoms with Crippen molar-refractivity contribution in [1.29, 1.82) is 0 Å². The number of amides is 2. The van der Waals surface area contributed by atoms with Gasteiger partial charge in [-0.15, -0.1) is 0 Å². The number of hydrazone groups is 1. The number of benzene rings is 3. The molecular weight excluding hydrogens is 700 g/mol. The second-order valence-electron chi connectivity index (χ2n) is 10.2. The van der Waals surface area contributed by atoms with Gasteiger partial charge in [0.05, 0.1) is 41.0 Å². The summed E-state index contributed by atoms with van der Waals surface area (Å²) in [5.74, 6) is 1.95. The number of nitrogens with one attached hydrogen (secondary N) is 3. The van der Waals surface area contributed by atoms with Crippen LogP contribution in [0.1, 0.15) is 36.6 Å². The van der Waals surface area contributed by atoms with Crippen molar-refractivity contribution in [3.63, 3.8) is 0 Å². The van der Waals surface area contributed by atoms with Gasteiger partial charge in [-0.2, -0.15) is 5.10 Å². The van der Waals surface area contributed by atoms with E-state index in [0.29, 0.717) is 61.7 Å². The van der Waals surface area contributed by atoms with Crippen LogP contribution in [-0.2, 0) is 16.1 Å². The molecule has 5 rings (SSSR count). The summed E-state index contributed by atoms with van der Waals surface area (Å²) in [5.41, 5.74) is 5.37. The second-order valence-corrected chi connectivity index (χ2v) is 11.5. The van der Waals surface area contributed by atoms with Gasteiger partial charge in [0, 0.05) is 5.70 Å². The summed E-state index contributed by atoms with van der Waals surface area (Å²) in [4.78, 5) is 24.6. The first-order valence-corrected chi connectivity index (χ1v) is 15.6. The number of urea groups is 1. The number of esters is 1. The average molecular weight is 732 g/mol. The molecular formula is C32H32BrClN4O9. The molecule has 3 aromatic carbocycles. The molecule has 248 valence electrons. The molecule has 15 heteroatoms. The van der Waals surface area contributed by atoms with Gasteiger partial charge in [-0.25, -0.2) is 9.59 Å². The summed E-state index contributed by atoms with van der Waals surface area (Å²) in [6.45, 7) is 4.04. The van der Waals surface area contributed by atoms with Crippen molar-refractivity contribution >= 4 is 45.7 Å². The number of aliphatic hydroxyl groups is 1. The molecule has 0 bridgehead atoms. The normalized spacial score (nSPS) is 16.0. The fraction of sp³-hybridized carbons (Fsp3) is 0.281. The Morgan fingerprint density at radius 1 is 1.15 bits per heavy atom. The molecule has 0 spiro atoms. The second kappa shape index (κ2) is 15.3. The molecule has 0 saturated carbocycles. The van der Waals surface area contributed by atoms with E-state index in [1.165, 1.54) is 13.3 Å². The minimum Gasteiger partial charge on any atom is -0.490 e. The topological polar surface area (TPSA) is 158 Å². The van der Waals surface area contributed by atoms with E-state index in [4.69, 9.17) is 40.0 Å². The summed E-state index contributed by atoms with van der Waals surface area (Å²) in [5, 5.41) is 20.2. The Morgan fingerprint density at radius 3 is 2.72 bits per heavy atom. The number of allylic oxidation sites excluding steroid dienone is 1. The lowest BCUT2D eigenvalue weighted by Gasteiger charge is -2.28. The molecule has 2 aliphatic rings. The highest BCUT2D eigenvalue weighted by molar-refractivity contribution is 9.10. The first-order valence-electron chi connectivity index (χ1n) is 14.4. The molecule has 0 unspecified atom stereocenters. The Balaban J connectivity index is 1.18. The molecule has 0 fully saturated rings. The lowest BCUT2D eigenvalue weighted by Crippen LogP contribution is -2.45. The van der Waals surface area contributed by atoms with Gasteiger partial charge in [0.25, 0.3) is 0 Å². The van der Waals surface area contributed by atoms with Gasteiger partial charge in [-0.05, 0) is 82.9 Å². The Bertz CT molecular complexity index is 1690. The summed E-state index contributed by atoms with van der Waals surface area (Å²) in [6.07, 6.45) is 0.313. The molecule has 4 N–H and O–H groups in total. The zero-order valence-corrected chi connectivity index (χ0v) is 27.9. The van der Waals surface area contributed by atoms with Crippen LogP contribution in [0.2, 0.25) is 5.02 Å². The van der Waals surface area contributed by atoms with Crippen molar-refractivity contribution in [3.05, 3.63) is 86.0 Å². The number of halogens is 2. The largest absolute Gasteiger partial charge is 0.490 e. The molecule has 3 aromatic rings. The van der Waals surface area contributed by atoms with Gasteiger partial charge in [0.15, 0.2) is 35.0 Å². The van der Waals surface area contributed by atoms with Crippen LogP contribution >= 0.6 is 27.5 Å². The SMILES string of the molecule is CCOc1cc([C@@H]2NC(=O)NC(C)=C2C(=O)OC)ccc1OC[C@H](O)N/N=C\c1cc(Cl)c(OCc2ccc3c(c2)OCO3)c(Br)c1. The Kier molecular flexibility index (Phi) is 11.0. The zero-order chi connectivity index (χ0) is 33.5. The van der Waals surface area contributed by atoms with E-state index < -0.39 is 24.3 Å². The number of aliphatic hydroxyl groups excluding tert-OH is 1. The third kappa shape index (κ3) is 8.20. The highest BCUT2D eigenvalue weighted by atomic mass is 79.9. The maximum Gasteiger partial charge on any atom is 0.337 e. The number of hydrogen-bond acceptors (Lipinski definition) is 11. The molecule has 13 nitrogen and oxygen atoms in total. The molecule has 2 heterocycles. The lowest BCUT2D eigenvalue weighted by molar-refractivity contribution is -0.136. The number of hydrogen-bond donors (Lipinski definition) is 4. The quantitative estimate of drug-likeness (QED) is 0.0823. The van der Waals surface area contributed by atoms with Gasteiger partial charge < -0.3 is 44.2 Å². The monoisotopic (exact) mass is 730 g/mol. The predicted octanol–water partition coefficient (Wildman–Crippen LogP) is 4.93. The van der Waals surface area contributed by atoms with Crippen LogP contribution in [0.4, 0.5) is 4.79 Å². The van der Waals surface area contributed by atoms with Gasteiger partial charge in [0.2, 0.25) is 6.79 Å². The summed E-state index contributed by atoms with van der Waals surface area (Å²) in [6, 6.07) is 12.8. The van der Waals surface area contributed by atoms with Gasteiger partial charge in [-0.1, -0.05) is 23.7 Å². The number of fused-ring (bicyclic) bond motifs is 1. The Labute approximate surface area is 283 Å². The van der Waals surface area contributed by atoms with E-state index in [1.54, 1.807) is 44.2 Å². The van der Waals surface area contributed by atoms with Gasteiger partial charge in [-0.3, -0.25) is 5.43 Å². The maximum absolute atomic E-state index is 12.5. The highest BCUT2D eigenvalue weighted by Crippen LogP contribution is 2.37. The molecule has 47 heavy (non-hydrogen) atoms. The Hall–Kier alpha value is -4.66. The van der Waals surface area contributed by atoms with Crippen LogP contribution < -0.4 is 39.7 Å². The number of ether oxygens (including phenoxy) is 6. The smallest absolute Gasteiger partial charge is 0.337 e. The summed E-state index contributed by atoms with van der Waals surface area (Å²) >= 11 is 9.98. The van der Waals surface area contributed by atoms with E-state index in [-0.39, 0.29) is 25.6 Å². The van der Waals surface area contributed by atoms with Crippen molar-refractivity contribution in [2.24, 2.45) is 5.10 Å². The first kappa shape index (κ1) is 33.7. The molecule has 0 radical (unpaired) electrons. The minimum absolute atomic E-state index is 0.176. The van der Waals surface area contributed by atoms with Gasteiger partial charge in [0.1, 0.15) is 13.2 Å². The number of carbonyl (C=O) groups is 2. The molecule has 0 aromatic heterocycles. The molecule has 0 saturated heterocycles. The highest BCUT2D eigenvalue weighted by Gasteiger charge is 2.32. The van der Waals surface area contributed by atoms with E-state index in [1.807, 2.05) is 18.2 Å². The molecule has 2 amide bonds. The van der Waals surface area contributed by atoms with Crippen LogP contribution in [0.15, 0.2) is 69.4 Å². The summed E-state index contributed by atoms with van der Waals surface area (Å²) in [7, 11) is 1.27. The fourth-order valence-electron chi connectivity index (χ4n) is 4.80. The van der Waals surface area contributed by atoms with E-state index in [0.717, 1.165) is 5.56 Å². The molecule has 2 atom stereocenters. The summed E-state index contributed by atoms with van der Waals surface area (Å²) < 4.78 is 33.8. The van der Waals surface area contributed by atoms with Gasteiger partial charge >= 0.3 is 12.0 Å². The lowest BCUT2D eigenvalue weighted by atomic mass is 9.95. The number of carbonyl (C=O) groups excluding carboxylic acids is 2. The number of methoxy groups -OCH3 is 1. The zero-order valence-electron chi connectivity index (χ0n) is 25.6. The van der Waals surface area contributed by atoms with Crippen molar-refractivity contribution < 1.29 is 43.1 Å². The van der Waals surface area contributed by atoms with E-state index in [9.17, 15) is 14.7 Å². The van der Waals surface area contributed by atoms with Crippen molar-refractivity contribution in [1.82, 2.24) is 16.1 Å². The standard InChI is InChI=1S/C32H32BrClN4O9/c1-4-43-26-12-20(29-28(31(40)42-3)17(2)36-32(41)37-29)6-8-23(26)44-15-27(39)38-35-13-19-9-21(33)30(22(34)10-19)45-14-18-5-7-24-25(11-18)47-16-46-24/h5-13,27,29,38-39H,4,14-16H2,1-3H3,(H2,36,37,41)/b35-13-/t27-,29-/m0/s1. The maximum atomic E-state index is 12.5. The van der Waals surface area contributed by atoms with Crippen LogP contribution in [0.3, 0.4) is 0 Å². The fourth-order valence-corrected chi connectivity index (χ4v) is 5.79. The van der Waals surface area contributed by atoms with Crippen molar-refractivity contribution in [2.75, 3.05) is 27.1 Å². The minimum atomic E-state index is -1.18. The first-order chi connectivity index (χ1) is 22.7. The molecule has 2 aliphatic heterocycles. The third-order valence-electron chi connectivity index (χ3n) is 6.95. The third-order valence-corrected chi connectivity index (χ3v) is 7.82. The van der Waals surface area contributed by atoms with E-state index >= 15 is 0 Å². The van der Waals surface area contributed by atoms with Crippen LogP contribution in [0, 0.1) is 0 Å². The van der Waals surface area contributed by atoms with Crippen LogP contribution in [0.25, 0.3) is 0 Å². The number of nitrogens with zero attached hydrogens (tertiary/aromatic N) is 1. The Morgan fingerprint density at radius 2 is 1.96 bits per heavy atom. The average Bonchev–Trinajstić information content (AvgIpc) is 3.51. The predicted molar refractivity (Wildman–Crippen MR) is 175 cm³/mol. The van der Waals surface area contributed by atoms with Crippen molar-refractivity contribution in [3.8, 4) is 28.7 Å².